The van der Waals surface area contributed by atoms with Gasteiger partial charge in [-0.3, -0.25) is 0 Å². The molecule has 0 bridgehead atoms. The molecule has 0 aliphatic rings. The molecule has 33 heavy (non-hydrogen) atoms. The van der Waals surface area contributed by atoms with Crippen LogP contribution in [0.3, 0.4) is 0 Å². The third-order valence-electron chi connectivity index (χ3n) is 2.77. The largest absolute Gasteiger partial charge is 0.152 e. The van der Waals surface area contributed by atoms with Crippen LogP contribution in [0.25, 0.3) is 0 Å². The monoisotopic (exact) mass is 763 g/mol. The van der Waals surface area contributed by atoms with Crippen LogP contribution in [0.2, 0.25) is 0 Å². The number of thiophene rings is 3. The summed E-state index contributed by atoms with van der Waals surface area (Å²) in [5.74, 6) is 1.20. The molecule has 3 nitrogen and oxygen atoms in total. The fourth-order valence-electron chi connectivity index (χ4n) is 1.58. The summed E-state index contributed by atoms with van der Waals surface area (Å²) in [6, 6.07) is 12.2. The second-order valence-electron chi connectivity index (χ2n) is 4.85. The van der Waals surface area contributed by atoms with Crippen molar-refractivity contribution in [2.75, 3.05) is 0 Å². The van der Waals surface area contributed by atoms with Crippen molar-refractivity contribution < 1.29 is 0 Å². The molecule has 174 valence electrons. The summed E-state index contributed by atoms with van der Waals surface area (Å²) in [5.41, 5.74) is 0.410. The molecule has 0 unspecified atom stereocenters. The Morgan fingerprint density at radius 2 is 1.09 bits per heavy atom. The molecule has 3 heterocycles. The maximum atomic E-state index is 8.42. The van der Waals surface area contributed by atoms with Gasteiger partial charge in [0.25, 0.3) is 0 Å². The van der Waals surface area contributed by atoms with Crippen molar-refractivity contribution >= 4 is 138 Å². The van der Waals surface area contributed by atoms with E-state index in [-0.39, 0.29) is 44.8 Å². The average Bonchev–Trinajstić information content (AvgIpc) is 3.60. The second-order valence-corrected chi connectivity index (χ2v) is 16.4. The molecule has 0 saturated carbocycles. The van der Waals surface area contributed by atoms with Gasteiger partial charge in [0.05, 0.1) is 11.8 Å². The Bertz CT molecular complexity index is 865. The topological polar surface area (TPSA) is 71.4 Å². The van der Waals surface area contributed by atoms with Crippen molar-refractivity contribution in [3.8, 4) is 14.9 Å². The predicted molar refractivity (Wildman–Crippen MR) is 153 cm³/mol. The van der Waals surface area contributed by atoms with Crippen molar-refractivity contribution in [2.45, 2.75) is 37.3 Å². The third-order valence-corrected chi connectivity index (χ3v) is 11.6. The summed E-state index contributed by atoms with van der Waals surface area (Å²) < 4.78 is 0. The average molecular weight is 762 g/mol. The van der Waals surface area contributed by atoms with Gasteiger partial charge in [0, 0.05) is 9.75 Å². The van der Waals surface area contributed by atoms with Crippen molar-refractivity contribution in [2.24, 2.45) is 0 Å². The van der Waals surface area contributed by atoms with Crippen LogP contribution in [0.5, 0.6) is 0 Å². The van der Waals surface area contributed by atoms with E-state index >= 15 is 0 Å². The second kappa shape index (κ2) is 29.6. The Morgan fingerprint density at radius 1 is 0.727 bits per heavy atom. The summed E-state index contributed by atoms with van der Waals surface area (Å²) in [6.45, 7) is 0. The van der Waals surface area contributed by atoms with Gasteiger partial charge in [0.1, 0.15) is 0 Å². The van der Waals surface area contributed by atoms with Crippen molar-refractivity contribution in [3.05, 3.63) is 66.7 Å². The molecule has 0 N–H and O–H groups in total. The molecule has 3 aromatic heterocycles. The minimum Gasteiger partial charge on any atom is -0.152 e. The molecule has 0 atom stereocenters. The first-order valence-electron chi connectivity index (χ1n) is 8.33. The van der Waals surface area contributed by atoms with E-state index in [1.165, 1.54) is 19.5 Å². The summed E-state index contributed by atoms with van der Waals surface area (Å²) in [5, 5.41) is 30.4. The van der Waals surface area contributed by atoms with Crippen LogP contribution in [0.15, 0.2) is 47.2 Å². The molecular weight excluding hydrogens is 737 g/mol. The van der Waals surface area contributed by atoms with Gasteiger partial charge in [0.2, 0.25) is 0 Å². The maximum absolute atomic E-state index is 8.42. The predicted octanol–water partition coefficient (Wildman–Crippen LogP) is 6.62. The number of halogens is 2. The van der Waals surface area contributed by atoms with E-state index in [1.807, 2.05) is 35.0 Å². The molecular formula is C21H24Cl2KN3S3Se3. The summed E-state index contributed by atoms with van der Waals surface area (Å²) in [6.07, 6.45) is 0. The van der Waals surface area contributed by atoms with Crippen LogP contribution in [-0.4, -0.2) is 80.9 Å². The zero-order chi connectivity index (χ0) is 23.2. The molecule has 0 aliphatic heterocycles. The van der Waals surface area contributed by atoms with E-state index in [4.69, 9.17) is 39.0 Å². The Kier molecular flexibility index (Phi) is 34.8. The minimum atomic E-state index is 0. The minimum absolute atomic E-state index is 0. The van der Waals surface area contributed by atoms with E-state index < -0.39 is 0 Å². The first-order valence-corrected chi connectivity index (χ1v) is 25.3. The molecule has 0 spiro atoms. The Balaban J connectivity index is -0.000000392. The zero-order valence-electron chi connectivity index (χ0n) is 16.5. The molecule has 0 amide bonds. The normalized spacial score (nSPS) is 8.15. The SMILES string of the molecule is C.C.ClCc1ccc(CCl)s1.N#C[Se]Cc1ccc(C[Se]C#N)s1.N#C[Se][K].c1ccsc1. The van der Waals surface area contributed by atoms with E-state index in [0.29, 0.717) is 17.4 Å². The fourth-order valence-corrected chi connectivity index (χ4v) is 6.61. The van der Waals surface area contributed by atoms with Gasteiger partial charge in [-0.05, 0) is 22.9 Å². The van der Waals surface area contributed by atoms with Crippen LogP contribution in [-0.2, 0) is 22.4 Å². The summed E-state index contributed by atoms with van der Waals surface area (Å²) in [7, 11) is 0. The van der Waals surface area contributed by atoms with E-state index in [0.717, 1.165) is 56.0 Å². The van der Waals surface area contributed by atoms with Gasteiger partial charge in [-0.25, -0.2) is 0 Å². The van der Waals surface area contributed by atoms with E-state index in [2.05, 4.69) is 27.0 Å². The van der Waals surface area contributed by atoms with Gasteiger partial charge in [0.15, 0.2) is 0 Å². The molecule has 0 aliphatic carbocycles. The molecule has 0 aromatic carbocycles. The number of hydrogen-bond acceptors (Lipinski definition) is 6. The smallest absolute Gasteiger partial charge is 0.00934 e. The van der Waals surface area contributed by atoms with Gasteiger partial charge in [-0.15, -0.1) is 34.5 Å². The number of hydrogen-bond donors (Lipinski definition) is 0. The first kappa shape index (κ1) is 38.9. The van der Waals surface area contributed by atoms with Crippen LogP contribution in [0, 0.1) is 30.7 Å². The number of nitriles is 3. The number of nitrogens with zero attached hydrogens (tertiary/aromatic N) is 3. The Morgan fingerprint density at radius 3 is 1.33 bits per heavy atom. The Labute approximate surface area is 268 Å². The van der Waals surface area contributed by atoms with Gasteiger partial charge < -0.3 is 0 Å². The van der Waals surface area contributed by atoms with Gasteiger partial charge >= 0.3 is 155 Å². The van der Waals surface area contributed by atoms with E-state index in [1.54, 1.807) is 34.0 Å². The standard InChI is InChI=1S/C8H6N2SSe2.C6H6Cl2S.C4H4S.CHNSe.2CH4.K/c9-5-12-3-7-1-2-8(11-7)4-13-6-10;7-3-5-1-2-6(4-8)9-5;1-2-4-5-3-1;2-1-3;;;/h1-2H,3-4H2;1-2H,3-4H2;1-4H;3H;2*1H4;/q;;;;;;+1/p-1. The summed E-state index contributed by atoms with van der Waals surface area (Å²) in [4.78, 5) is 11.4. The fraction of sp³-hybridized carbons (Fsp3) is 0.286. The zero-order valence-corrected chi connectivity index (χ0v) is 28.7. The van der Waals surface area contributed by atoms with Gasteiger partial charge in [-0.1, -0.05) is 27.0 Å². The molecule has 0 fully saturated rings. The molecule has 3 aromatic rings. The first-order chi connectivity index (χ1) is 15.1. The van der Waals surface area contributed by atoms with Crippen molar-refractivity contribution in [1.29, 1.82) is 15.8 Å². The van der Waals surface area contributed by atoms with Crippen molar-refractivity contribution in [3.63, 3.8) is 0 Å². The quantitative estimate of drug-likeness (QED) is 0.210. The third kappa shape index (κ3) is 23.5. The maximum Gasteiger partial charge on any atom is -0.00934 e. The number of rotatable bonds is 6. The molecule has 3 rings (SSSR count). The molecule has 12 heteroatoms. The van der Waals surface area contributed by atoms with Crippen LogP contribution >= 0.6 is 57.2 Å². The van der Waals surface area contributed by atoms with Crippen LogP contribution in [0.1, 0.15) is 34.4 Å². The van der Waals surface area contributed by atoms with Gasteiger partial charge in [-0.2, -0.15) is 11.3 Å². The Hall–Kier alpha value is 1.34. The molecule has 0 saturated heterocycles. The van der Waals surface area contributed by atoms with E-state index in [9.17, 15) is 0 Å². The molecule has 0 radical (unpaired) electrons. The van der Waals surface area contributed by atoms with Crippen molar-refractivity contribution in [1.82, 2.24) is 0 Å². The van der Waals surface area contributed by atoms with Crippen LogP contribution in [0.4, 0.5) is 0 Å². The number of alkyl halides is 2. The summed E-state index contributed by atoms with van der Waals surface area (Å²) >= 11 is 17.2. The van der Waals surface area contributed by atoms with Crippen LogP contribution < -0.4 is 0 Å².